The number of non-ortho nitro benzene ring substituents is 1. The second-order valence-electron chi connectivity index (χ2n) is 4.38. The molecule has 9 nitrogen and oxygen atoms in total. The largest absolute Gasteiger partial charge is 0.460 e. The minimum absolute atomic E-state index is 0.00450. The molecule has 0 aliphatic rings. The fourth-order valence-corrected chi connectivity index (χ4v) is 1.97. The second kappa shape index (κ2) is 7.94. The van der Waals surface area contributed by atoms with Gasteiger partial charge in [0.1, 0.15) is 23.9 Å². The van der Waals surface area contributed by atoms with E-state index in [1.165, 1.54) is 35.6 Å². The summed E-state index contributed by atoms with van der Waals surface area (Å²) < 4.78 is 5.01. The predicted molar refractivity (Wildman–Crippen MR) is 80.8 cm³/mol. The number of carbonyl (C=O) groups excluding carboxylic acids is 1. The minimum atomic E-state index is -0.565. The maximum Gasteiger partial charge on any atom is 0.313 e. The van der Waals surface area contributed by atoms with Gasteiger partial charge in [-0.05, 0) is 17.7 Å². The zero-order valence-electron chi connectivity index (χ0n) is 11.8. The Morgan fingerprint density at radius 3 is 2.78 bits per heavy atom. The van der Waals surface area contributed by atoms with Crippen LogP contribution in [0.3, 0.4) is 0 Å². The lowest BCUT2D eigenvalue weighted by Crippen LogP contribution is -2.25. The van der Waals surface area contributed by atoms with Gasteiger partial charge in [0.25, 0.3) is 5.69 Å². The molecule has 119 valence electrons. The first-order chi connectivity index (χ1) is 11.0. The van der Waals surface area contributed by atoms with E-state index in [-0.39, 0.29) is 24.6 Å². The number of benzene rings is 1. The van der Waals surface area contributed by atoms with Gasteiger partial charge in [0.2, 0.25) is 0 Å². The van der Waals surface area contributed by atoms with Crippen molar-refractivity contribution in [2.45, 2.75) is 19.6 Å². The highest BCUT2D eigenvalue weighted by atomic mass is 32.1. The fourth-order valence-electron chi connectivity index (χ4n) is 1.56. The number of nitrogens with zero attached hydrogens (tertiary/aromatic N) is 3. The highest BCUT2D eigenvalue weighted by Gasteiger charge is 2.09. The van der Waals surface area contributed by atoms with Gasteiger partial charge >= 0.3 is 5.97 Å². The first-order valence-corrected chi connectivity index (χ1v) is 7.25. The van der Waals surface area contributed by atoms with Crippen molar-refractivity contribution < 1.29 is 14.5 Å². The number of amidine groups is 1. The van der Waals surface area contributed by atoms with Crippen LogP contribution in [0.4, 0.5) is 5.69 Å². The van der Waals surface area contributed by atoms with Gasteiger partial charge in [-0.15, -0.1) is 10.2 Å². The zero-order chi connectivity index (χ0) is 16.7. The van der Waals surface area contributed by atoms with E-state index in [0.29, 0.717) is 17.1 Å². The van der Waals surface area contributed by atoms with Crippen LogP contribution in [0.2, 0.25) is 0 Å². The number of aromatic nitrogens is 2. The van der Waals surface area contributed by atoms with Crippen LogP contribution >= 0.6 is 11.3 Å². The molecule has 1 heterocycles. The summed E-state index contributed by atoms with van der Waals surface area (Å²) in [6, 6.07) is 5.71. The Hall–Kier alpha value is -2.88. The van der Waals surface area contributed by atoms with Crippen molar-refractivity contribution in [1.29, 1.82) is 5.41 Å². The van der Waals surface area contributed by atoms with Crippen molar-refractivity contribution in [3.05, 3.63) is 50.5 Å². The van der Waals surface area contributed by atoms with Crippen molar-refractivity contribution in [1.82, 2.24) is 15.5 Å². The quantitative estimate of drug-likeness (QED) is 0.257. The molecule has 0 atom stereocenters. The molecule has 0 spiro atoms. The Kier molecular flexibility index (Phi) is 5.69. The molecule has 0 amide bonds. The summed E-state index contributed by atoms with van der Waals surface area (Å²) in [7, 11) is 0. The molecule has 2 aromatic rings. The lowest BCUT2D eigenvalue weighted by Gasteiger charge is -2.07. The van der Waals surface area contributed by atoms with Crippen LogP contribution in [0, 0.1) is 21.0 Å². The predicted octanol–water partition coefficient (Wildman–Crippen LogP) is 1.45. The summed E-state index contributed by atoms with van der Waals surface area (Å²) in [5.74, 6) is -0.557. The molecule has 2 N–H and O–H groups in total. The summed E-state index contributed by atoms with van der Waals surface area (Å²) in [5, 5.41) is 28.8. The molecule has 0 unspecified atom stereocenters. The number of carbonyl (C=O) groups is 1. The normalized spacial score (nSPS) is 10.1. The molecule has 0 saturated heterocycles. The Bertz CT molecular complexity index is 687. The second-order valence-corrected chi connectivity index (χ2v) is 5.24. The smallest absolute Gasteiger partial charge is 0.313 e. The van der Waals surface area contributed by atoms with Crippen molar-refractivity contribution in [2.24, 2.45) is 0 Å². The van der Waals surface area contributed by atoms with E-state index in [1.54, 1.807) is 0 Å². The monoisotopic (exact) mass is 334 g/mol. The number of nitro benzene ring substituents is 1. The maximum atomic E-state index is 11.6. The number of ether oxygens (including phenoxy) is 1. The van der Waals surface area contributed by atoms with Gasteiger partial charge in [0, 0.05) is 12.1 Å². The third kappa shape index (κ3) is 5.43. The minimum Gasteiger partial charge on any atom is -0.460 e. The van der Waals surface area contributed by atoms with Crippen molar-refractivity contribution in [3.8, 4) is 0 Å². The molecule has 0 aliphatic carbocycles. The summed E-state index contributed by atoms with van der Waals surface area (Å²) >= 11 is 1.22. The highest BCUT2D eigenvalue weighted by molar-refractivity contribution is 7.08. The Labute approximate surface area is 135 Å². The molecule has 0 saturated carbocycles. The average Bonchev–Trinajstić information content (AvgIpc) is 3.05. The molecule has 0 fully saturated rings. The summed E-state index contributed by atoms with van der Waals surface area (Å²) in [6.07, 6.45) is -0.199. The van der Waals surface area contributed by atoms with Gasteiger partial charge in [0.15, 0.2) is 5.51 Å². The van der Waals surface area contributed by atoms with E-state index >= 15 is 0 Å². The Morgan fingerprint density at radius 1 is 1.43 bits per heavy atom. The number of hydrogen-bond donors (Lipinski definition) is 2. The maximum absolute atomic E-state index is 11.6. The first-order valence-electron chi connectivity index (χ1n) is 6.43. The summed E-state index contributed by atoms with van der Waals surface area (Å²) in [4.78, 5) is 21.6. The molecular weight excluding hydrogens is 322 g/mol. The molecule has 1 aromatic carbocycles. The third-order valence-electron chi connectivity index (χ3n) is 2.69. The first kappa shape index (κ1) is 16.5. The van der Waals surface area contributed by atoms with Crippen LogP contribution in [0.5, 0.6) is 0 Å². The molecule has 23 heavy (non-hydrogen) atoms. The number of nitrogens with one attached hydrogen (secondary N) is 2. The molecule has 2 rings (SSSR count). The Balaban J connectivity index is 1.71. The van der Waals surface area contributed by atoms with E-state index in [2.05, 4.69) is 21.0 Å². The number of esters is 1. The van der Waals surface area contributed by atoms with E-state index in [4.69, 9.17) is 10.1 Å². The molecule has 10 heteroatoms. The molecule has 1 aromatic heterocycles. The lowest BCUT2D eigenvalue weighted by molar-refractivity contribution is -0.384. The van der Waals surface area contributed by atoms with Gasteiger partial charge in [-0.3, -0.25) is 20.3 Å². The number of nitro groups is 1. The van der Waals surface area contributed by atoms with Gasteiger partial charge in [-0.25, -0.2) is 0 Å². The van der Waals surface area contributed by atoms with E-state index < -0.39 is 10.9 Å². The van der Waals surface area contributed by atoms with Crippen molar-refractivity contribution in [3.63, 3.8) is 0 Å². The molecular formula is C13H12N5O4S. The average molecular weight is 334 g/mol. The molecule has 1 radical (unpaired) electrons. The van der Waals surface area contributed by atoms with Crippen LogP contribution in [0.15, 0.2) is 24.3 Å². The van der Waals surface area contributed by atoms with E-state index in [9.17, 15) is 14.9 Å². The van der Waals surface area contributed by atoms with Crippen molar-refractivity contribution >= 4 is 28.8 Å². The van der Waals surface area contributed by atoms with Gasteiger partial charge in [-0.1, -0.05) is 11.3 Å². The highest BCUT2D eigenvalue weighted by Crippen LogP contribution is 2.12. The number of rotatable bonds is 7. The fraction of sp³-hybridized carbons (Fsp3) is 0.231. The topological polar surface area (TPSA) is 131 Å². The SMILES string of the molecule is N=C(CC(=O)OCc1ccc([N+](=O)[O-])cc1)NCc1nn[c]s1. The Morgan fingerprint density at radius 2 is 2.17 bits per heavy atom. The van der Waals surface area contributed by atoms with Gasteiger partial charge in [-0.2, -0.15) is 0 Å². The zero-order valence-corrected chi connectivity index (χ0v) is 12.6. The van der Waals surface area contributed by atoms with E-state index in [0.717, 1.165) is 0 Å². The third-order valence-corrected chi connectivity index (χ3v) is 3.32. The van der Waals surface area contributed by atoms with Crippen LogP contribution < -0.4 is 5.32 Å². The van der Waals surface area contributed by atoms with Gasteiger partial charge < -0.3 is 10.1 Å². The van der Waals surface area contributed by atoms with E-state index in [1.807, 2.05) is 0 Å². The van der Waals surface area contributed by atoms with Crippen LogP contribution in [0.1, 0.15) is 17.0 Å². The van der Waals surface area contributed by atoms with Crippen LogP contribution in [-0.4, -0.2) is 26.9 Å². The molecule has 0 bridgehead atoms. The van der Waals surface area contributed by atoms with Crippen LogP contribution in [0.25, 0.3) is 0 Å². The summed E-state index contributed by atoms with van der Waals surface area (Å²) in [6.45, 7) is 0.297. The molecule has 0 aliphatic heterocycles. The standard InChI is InChI=1S/C13H12N5O4S/c14-11(15-6-12-17-16-8-23-12)5-13(19)22-7-9-1-3-10(4-2-9)18(20)21/h1-4H,5-7H2,(H2,14,15). The van der Waals surface area contributed by atoms with Crippen molar-refractivity contribution in [2.75, 3.05) is 0 Å². The lowest BCUT2D eigenvalue weighted by atomic mass is 10.2. The van der Waals surface area contributed by atoms with Crippen LogP contribution in [-0.2, 0) is 22.7 Å². The summed E-state index contributed by atoms with van der Waals surface area (Å²) in [5.41, 5.74) is 3.18. The van der Waals surface area contributed by atoms with Gasteiger partial charge in [0.05, 0.1) is 11.5 Å². The number of hydrogen-bond acceptors (Lipinski definition) is 8.